The van der Waals surface area contributed by atoms with Gasteiger partial charge in [-0.25, -0.2) is 4.39 Å². The van der Waals surface area contributed by atoms with Gasteiger partial charge in [-0.05, 0) is 49.4 Å². The molecule has 0 fully saturated rings. The Hall–Kier alpha value is -1.38. The minimum absolute atomic E-state index is 0.303. The van der Waals surface area contributed by atoms with Crippen molar-refractivity contribution >= 4 is 37.5 Å². The van der Waals surface area contributed by atoms with Gasteiger partial charge < -0.3 is 5.32 Å². The molecule has 0 amide bonds. The highest BCUT2D eigenvalue weighted by atomic mass is 79.9. The zero-order valence-electron chi connectivity index (χ0n) is 10.6. The summed E-state index contributed by atoms with van der Waals surface area (Å²) >= 11 is 6.65. The number of benzene rings is 2. The summed E-state index contributed by atoms with van der Waals surface area (Å²) in [6.07, 6.45) is 0. The molecule has 0 bridgehead atoms. The molecule has 0 radical (unpaired) electrons. The van der Waals surface area contributed by atoms with E-state index in [1.807, 2.05) is 24.3 Å². The van der Waals surface area contributed by atoms with Gasteiger partial charge in [0, 0.05) is 20.2 Å². The van der Waals surface area contributed by atoms with Gasteiger partial charge in [0.15, 0.2) is 5.54 Å². The van der Waals surface area contributed by atoms with E-state index in [1.54, 1.807) is 19.1 Å². The molecule has 0 aromatic heterocycles. The Bertz CT molecular complexity index is 665. The lowest BCUT2D eigenvalue weighted by Gasteiger charge is -2.25. The number of hydrogen-bond acceptors (Lipinski definition) is 2. The summed E-state index contributed by atoms with van der Waals surface area (Å²) < 4.78 is 15.7. The first-order chi connectivity index (χ1) is 9.44. The molecule has 2 aromatic rings. The van der Waals surface area contributed by atoms with E-state index in [2.05, 4.69) is 43.2 Å². The third kappa shape index (κ3) is 3.20. The number of nitrogens with zero attached hydrogens (tertiary/aromatic N) is 1. The molecule has 2 aromatic carbocycles. The first kappa shape index (κ1) is 15.0. The average molecular weight is 398 g/mol. The molecule has 1 N–H and O–H groups in total. The highest BCUT2D eigenvalue weighted by Crippen LogP contribution is 2.30. The summed E-state index contributed by atoms with van der Waals surface area (Å²) in [4.78, 5) is 0. The second-order valence-electron chi connectivity index (χ2n) is 4.49. The maximum atomic E-state index is 14.0. The molecule has 5 heteroatoms. The van der Waals surface area contributed by atoms with Gasteiger partial charge in [0.2, 0.25) is 0 Å². The summed E-state index contributed by atoms with van der Waals surface area (Å²) in [5.41, 5.74) is -0.101. The van der Waals surface area contributed by atoms with Crippen LogP contribution >= 0.6 is 31.9 Å². The van der Waals surface area contributed by atoms with Crippen molar-refractivity contribution in [3.8, 4) is 6.07 Å². The fourth-order valence-electron chi connectivity index (χ4n) is 1.86. The Morgan fingerprint density at radius 1 is 1.10 bits per heavy atom. The molecule has 0 aliphatic carbocycles. The molecule has 0 spiro atoms. The number of anilines is 1. The van der Waals surface area contributed by atoms with Crippen molar-refractivity contribution in [3.05, 3.63) is 62.8 Å². The Morgan fingerprint density at radius 2 is 1.70 bits per heavy atom. The minimum Gasteiger partial charge on any atom is -0.364 e. The van der Waals surface area contributed by atoms with Crippen molar-refractivity contribution < 1.29 is 4.39 Å². The van der Waals surface area contributed by atoms with E-state index >= 15 is 0 Å². The van der Waals surface area contributed by atoms with Crippen LogP contribution in [0, 0.1) is 17.1 Å². The van der Waals surface area contributed by atoms with E-state index in [0.717, 1.165) is 14.6 Å². The molecule has 102 valence electrons. The third-order valence-corrected chi connectivity index (χ3v) is 3.95. The zero-order valence-corrected chi connectivity index (χ0v) is 13.8. The smallest absolute Gasteiger partial charge is 0.151 e. The molecule has 0 aliphatic rings. The Kier molecular flexibility index (Phi) is 4.46. The van der Waals surface area contributed by atoms with E-state index in [-0.39, 0.29) is 0 Å². The Balaban J connectivity index is 2.41. The van der Waals surface area contributed by atoms with Gasteiger partial charge >= 0.3 is 0 Å². The van der Waals surface area contributed by atoms with E-state index in [9.17, 15) is 9.65 Å². The lowest BCUT2D eigenvalue weighted by molar-refractivity contribution is 0.570. The van der Waals surface area contributed by atoms with E-state index in [4.69, 9.17) is 0 Å². The summed E-state index contributed by atoms with van der Waals surface area (Å²) in [6, 6.07) is 14.1. The van der Waals surface area contributed by atoms with Gasteiger partial charge in [-0.15, -0.1) is 0 Å². The third-order valence-electron chi connectivity index (χ3n) is 2.93. The lowest BCUT2D eigenvalue weighted by atomic mass is 9.92. The maximum Gasteiger partial charge on any atom is 0.151 e. The van der Waals surface area contributed by atoms with Crippen molar-refractivity contribution in [2.45, 2.75) is 12.5 Å². The largest absolute Gasteiger partial charge is 0.364 e. The lowest BCUT2D eigenvalue weighted by Crippen LogP contribution is -2.31. The first-order valence-corrected chi connectivity index (χ1v) is 7.44. The van der Waals surface area contributed by atoms with Crippen LogP contribution in [0.15, 0.2) is 51.4 Å². The fourth-order valence-corrected chi connectivity index (χ4v) is 2.48. The topological polar surface area (TPSA) is 35.8 Å². The number of nitriles is 1. The van der Waals surface area contributed by atoms with Crippen LogP contribution in [0.3, 0.4) is 0 Å². The van der Waals surface area contributed by atoms with Crippen LogP contribution in [0.5, 0.6) is 0 Å². The number of nitrogens with one attached hydrogen (secondary N) is 1. The van der Waals surface area contributed by atoms with Crippen LogP contribution in [0.25, 0.3) is 0 Å². The normalized spacial score (nSPS) is 13.3. The average Bonchev–Trinajstić information content (AvgIpc) is 2.44. The van der Waals surface area contributed by atoms with Crippen molar-refractivity contribution in [1.82, 2.24) is 0 Å². The summed E-state index contributed by atoms with van der Waals surface area (Å²) in [5, 5.41) is 12.5. The van der Waals surface area contributed by atoms with Crippen LogP contribution in [-0.4, -0.2) is 0 Å². The van der Waals surface area contributed by atoms with Crippen LogP contribution in [0.1, 0.15) is 12.5 Å². The summed E-state index contributed by atoms with van der Waals surface area (Å²) in [6.45, 7) is 1.65. The van der Waals surface area contributed by atoms with Crippen LogP contribution in [-0.2, 0) is 5.54 Å². The maximum absolute atomic E-state index is 14.0. The highest BCUT2D eigenvalue weighted by Gasteiger charge is 2.29. The van der Waals surface area contributed by atoms with Crippen molar-refractivity contribution in [1.29, 1.82) is 5.26 Å². The van der Waals surface area contributed by atoms with Crippen molar-refractivity contribution in [2.75, 3.05) is 5.32 Å². The molecule has 1 atom stereocenters. The van der Waals surface area contributed by atoms with E-state index < -0.39 is 11.4 Å². The summed E-state index contributed by atoms with van der Waals surface area (Å²) in [7, 11) is 0. The van der Waals surface area contributed by atoms with E-state index in [0.29, 0.717) is 5.56 Å². The molecule has 0 heterocycles. The molecule has 0 aliphatic heterocycles. The number of hydrogen-bond donors (Lipinski definition) is 1. The predicted octanol–water partition coefficient (Wildman–Crippen LogP) is 5.20. The molecular formula is C15H11Br2FN2. The zero-order chi connectivity index (χ0) is 14.8. The van der Waals surface area contributed by atoms with Crippen LogP contribution < -0.4 is 5.32 Å². The standard InChI is InChI=1S/C15H11Br2FN2/c1-15(9-19,13-8-11(17)4-7-14(13)18)20-12-5-2-10(16)3-6-12/h2-8,20H,1H3. The van der Waals surface area contributed by atoms with Crippen molar-refractivity contribution in [3.63, 3.8) is 0 Å². The number of halogens is 3. The second kappa shape index (κ2) is 5.94. The molecule has 20 heavy (non-hydrogen) atoms. The SMILES string of the molecule is CC(C#N)(Nc1ccc(Br)cc1)c1cc(Br)ccc1F. The quantitative estimate of drug-likeness (QED) is 0.772. The Morgan fingerprint density at radius 3 is 2.30 bits per heavy atom. The van der Waals surface area contributed by atoms with Gasteiger partial charge in [-0.1, -0.05) is 31.9 Å². The van der Waals surface area contributed by atoms with Gasteiger partial charge in [-0.3, -0.25) is 0 Å². The monoisotopic (exact) mass is 396 g/mol. The fraction of sp³-hybridized carbons (Fsp3) is 0.133. The second-order valence-corrected chi connectivity index (χ2v) is 6.32. The van der Waals surface area contributed by atoms with Gasteiger partial charge in [0.25, 0.3) is 0 Å². The Labute approximate surface area is 133 Å². The highest BCUT2D eigenvalue weighted by molar-refractivity contribution is 9.10. The van der Waals surface area contributed by atoms with Crippen molar-refractivity contribution in [2.24, 2.45) is 0 Å². The van der Waals surface area contributed by atoms with Gasteiger partial charge in [0.1, 0.15) is 5.82 Å². The molecule has 2 nitrogen and oxygen atoms in total. The molecule has 0 saturated heterocycles. The summed E-state index contributed by atoms with van der Waals surface area (Å²) in [5.74, 6) is -0.415. The molecule has 0 saturated carbocycles. The van der Waals surface area contributed by atoms with E-state index in [1.165, 1.54) is 6.07 Å². The molecule has 2 rings (SSSR count). The molecular weight excluding hydrogens is 387 g/mol. The predicted molar refractivity (Wildman–Crippen MR) is 84.8 cm³/mol. The van der Waals surface area contributed by atoms with Crippen LogP contribution in [0.2, 0.25) is 0 Å². The first-order valence-electron chi connectivity index (χ1n) is 5.85. The molecule has 1 unspecified atom stereocenters. The van der Waals surface area contributed by atoms with Gasteiger partial charge in [-0.2, -0.15) is 5.26 Å². The minimum atomic E-state index is -1.15. The van der Waals surface area contributed by atoms with Gasteiger partial charge in [0.05, 0.1) is 6.07 Å². The number of rotatable bonds is 3. The van der Waals surface area contributed by atoms with Crippen LogP contribution in [0.4, 0.5) is 10.1 Å².